The third-order valence-electron chi connectivity index (χ3n) is 6.67. The van der Waals surface area contributed by atoms with Crippen molar-refractivity contribution >= 4 is 34.8 Å². The predicted octanol–water partition coefficient (Wildman–Crippen LogP) is 5.59. The molecule has 2 heterocycles. The Hall–Kier alpha value is -2.53. The van der Waals surface area contributed by atoms with Crippen LogP contribution in [0.2, 0.25) is 10.0 Å². The maximum atomic E-state index is 12.9. The molecule has 2 aliphatic heterocycles. The van der Waals surface area contributed by atoms with Crippen molar-refractivity contribution in [3.05, 3.63) is 88.4 Å². The number of carbonyl (C=O) groups is 1. The smallest absolute Gasteiger partial charge is 0.247 e. The lowest BCUT2D eigenvalue weighted by atomic mass is 9.85. The quantitative estimate of drug-likeness (QED) is 0.545. The SMILES string of the molecule is O=C1NCN(c2ccccc2)C12CCN(Cc1cccc(-c3c(Cl)cccc3Cl)c1)CC2. The normalized spacial score (nSPS) is 18.2. The van der Waals surface area contributed by atoms with Crippen molar-refractivity contribution in [3.8, 4) is 11.1 Å². The van der Waals surface area contributed by atoms with Crippen LogP contribution in [0.5, 0.6) is 0 Å². The third kappa shape index (κ3) is 3.88. The standard InChI is InChI=1S/C26H25Cl2N3O/c27-22-10-5-11-23(28)24(22)20-7-4-6-19(16-20)17-30-14-12-26(13-15-30)25(32)29-18-31(26)21-8-2-1-3-9-21/h1-11,16H,12-15,17-18H2,(H,29,32). The van der Waals surface area contributed by atoms with Gasteiger partial charge in [0, 0.05) is 40.9 Å². The fourth-order valence-electron chi connectivity index (χ4n) is 4.97. The molecular formula is C26H25Cl2N3O. The van der Waals surface area contributed by atoms with E-state index in [0.717, 1.165) is 49.3 Å². The number of benzene rings is 3. The second-order valence-corrected chi connectivity index (χ2v) is 9.35. The topological polar surface area (TPSA) is 35.6 Å². The Morgan fingerprint density at radius 3 is 2.28 bits per heavy atom. The minimum absolute atomic E-state index is 0.149. The van der Waals surface area contributed by atoms with Gasteiger partial charge in [-0.2, -0.15) is 0 Å². The Labute approximate surface area is 198 Å². The summed E-state index contributed by atoms with van der Waals surface area (Å²) in [6, 6.07) is 24.2. The van der Waals surface area contributed by atoms with Crippen molar-refractivity contribution in [1.29, 1.82) is 0 Å². The van der Waals surface area contributed by atoms with E-state index in [-0.39, 0.29) is 5.91 Å². The van der Waals surface area contributed by atoms with E-state index in [2.05, 4.69) is 45.4 Å². The number of rotatable bonds is 4. The average molecular weight is 466 g/mol. The van der Waals surface area contributed by atoms with Gasteiger partial charge in [-0.15, -0.1) is 0 Å². The number of para-hydroxylation sites is 1. The molecule has 0 atom stereocenters. The molecule has 2 fully saturated rings. The minimum Gasteiger partial charge on any atom is -0.339 e. The third-order valence-corrected chi connectivity index (χ3v) is 7.30. The Morgan fingerprint density at radius 2 is 1.56 bits per heavy atom. The monoisotopic (exact) mass is 465 g/mol. The lowest BCUT2D eigenvalue weighted by Crippen LogP contribution is -2.56. The van der Waals surface area contributed by atoms with Gasteiger partial charge in [0.2, 0.25) is 5.91 Å². The molecule has 2 saturated heterocycles. The molecule has 0 aliphatic carbocycles. The molecule has 1 amide bonds. The van der Waals surface area contributed by atoms with Gasteiger partial charge in [0.05, 0.1) is 6.67 Å². The summed E-state index contributed by atoms with van der Waals surface area (Å²) < 4.78 is 0. The number of anilines is 1. The zero-order chi connectivity index (χ0) is 22.1. The number of carbonyl (C=O) groups excluding carboxylic acids is 1. The van der Waals surface area contributed by atoms with Crippen LogP contribution in [0, 0.1) is 0 Å². The Kier molecular flexibility index (Phi) is 5.85. The lowest BCUT2D eigenvalue weighted by Gasteiger charge is -2.43. The molecule has 164 valence electrons. The van der Waals surface area contributed by atoms with Gasteiger partial charge in [0.1, 0.15) is 5.54 Å². The van der Waals surface area contributed by atoms with Gasteiger partial charge in [-0.3, -0.25) is 9.69 Å². The number of likely N-dealkylation sites (tertiary alicyclic amines) is 1. The number of hydrogen-bond acceptors (Lipinski definition) is 3. The molecule has 4 nitrogen and oxygen atoms in total. The molecular weight excluding hydrogens is 441 g/mol. The van der Waals surface area contributed by atoms with E-state index in [4.69, 9.17) is 23.2 Å². The van der Waals surface area contributed by atoms with Gasteiger partial charge in [0.15, 0.2) is 0 Å². The van der Waals surface area contributed by atoms with Crippen LogP contribution in [-0.4, -0.2) is 36.1 Å². The highest BCUT2D eigenvalue weighted by Crippen LogP contribution is 2.37. The summed E-state index contributed by atoms with van der Waals surface area (Å²) >= 11 is 12.8. The summed E-state index contributed by atoms with van der Waals surface area (Å²) in [5.41, 5.74) is 3.76. The minimum atomic E-state index is -0.454. The Balaban J connectivity index is 1.31. The first-order valence-electron chi connectivity index (χ1n) is 10.9. The van der Waals surface area contributed by atoms with Gasteiger partial charge < -0.3 is 10.2 Å². The van der Waals surface area contributed by atoms with Gasteiger partial charge in [-0.25, -0.2) is 0 Å². The second kappa shape index (κ2) is 8.78. The number of nitrogens with zero attached hydrogens (tertiary/aromatic N) is 2. The van der Waals surface area contributed by atoms with E-state index in [0.29, 0.717) is 16.7 Å². The van der Waals surface area contributed by atoms with Crippen molar-refractivity contribution in [1.82, 2.24) is 10.2 Å². The first kappa shape index (κ1) is 21.3. The summed E-state index contributed by atoms with van der Waals surface area (Å²) in [4.78, 5) is 17.5. The molecule has 0 saturated carbocycles. The molecule has 6 heteroatoms. The van der Waals surface area contributed by atoms with Crippen LogP contribution in [0.15, 0.2) is 72.8 Å². The molecule has 1 N–H and O–H groups in total. The van der Waals surface area contributed by atoms with E-state index in [1.165, 1.54) is 5.56 Å². The summed E-state index contributed by atoms with van der Waals surface area (Å²) in [7, 11) is 0. The molecule has 0 unspecified atom stereocenters. The maximum absolute atomic E-state index is 12.9. The molecule has 0 bridgehead atoms. The molecule has 1 spiro atoms. The molecule has 3 aromatic rings. The molecule has 0 radical (unpaired) electrons. The first-order valence-corrected chi connectivity index (χ1v) is 11.7. The maximum Gasteiger partial charge on any atom is 0.247 e. The van der Waals surface area contributed by atoms with E-state index in [1.54, 1.807) is 0 Å². The highest BCUT2D eigenvalue weighted by atomic mass is 35.5. The van der Waals surface area contributed by atoms with Crippen molar-refractivity contribution in [3.63, 3.8) is 0 Å². The lowest BCUT2D eigenvalue weighted by molar-refractivity contribution is -0.125. The summed E-state index contributed by atoms with van der Waals surface area (Å²) in [6.07, 6.45) is 1.62. The van der Waals surface area contributed by atoms with Crippen LogP contribution in [0.4, 0.5) is 5.69 Å². The fraction of sp³-hybridized carbons (Fsp3) is 0.269. The van der Waals surface area contributed by atoms with E-state index in [1.807, 2.05) is 42.5 Å². The van der Waals surface area contributed by atoms with Crippen LogP contribution in [0.1, 0.15) is 18.4 Å². The molecule has 32 heavy (non-hydrogen) atoms. The van der Waals surface area contributed by atoms with Gasteiger partial charge in [-0.1, -0.05) is 65.7 Å². The van der Waals surface area contributed by atoms with Crippen LogP contribution in [0.3, 0.4) is 0 Å². The first-order chi connectivity index (χ1) is 15.6. The summed E-state index contributed by atoms with van der Waals surface area (Å²) in [5, 5.41) is 4.38. The van der Waals surface area contributed by atoms with Gasteiger partial charge in [-0.05, 0) is 54.3 Å². The van der Waals surface area contributed by atoms with Gasteiger partial charge in [0.25, 0.3) is 0 Å². The van der Waals surface area contributed by atoms with E-state index < -0.39 is 5.54 Å². The molecule has 3 aromatic carbocycles. The Morgan fingerprint density at radius 1 is 0.875 bits per heavy atom. The number of halogens is 2. The summed E-state index contributed by atoms with van der Waals surface area (Å²) in [5.74, 6) is 0.149. The van der Waals surface area contributed by atoms with Crippen LogP contribution < -0.4 is 10.2 Å². The fourth-order valence-corrected chi connectivity index (χ4v) is 5.59. The van der Waals surface area contributed by atoms with Crippen LogP contribution >= 0.6 is 23.2 Å². The highest BCUT2D eigenvalue weighted by molar-refractivity contribution is 6.39. The molecule has 0 aromatic heterocycles. The number of hydrogen-bond donors (Lipinski definition) is 1. The average Bonchev–Trinajstić information content (AvgIpc) is 3.12. The highest BCUT2D eigenvalue weighted by Gasteiger charge is 2.50. The summed E-state index contributed by atoms with van der Waals surface area (Å²) in [6.45, 7) is 3.14. The molecule has 5 rings (SSSR count). The zero-order valence-corrected chi connectivity index (χ0v) is 19.2. The van der Waals surface area contributed by atoms with Gasteiger partial charge >= 0.3 is 0 Å². The molecule has 2 aliphatic rings. The Bertz CT molecular complexity index is 1110. The van der Waals surface area contributed by atoms with Crippen molar-refractivity contribution in [2.24, 2.45) is 0 Å². The van der Waals surface area contributed by atoms with Crippen molar-refractivity contribution in [2.75, 3.05) is 24.7 Å². The van der Waals surface area contributed by atoms with E-state index >= 15 is 0 Å². The van der Waals surface area contributed by atoms with Crippen molar-refractivity contribution < 1.29 is 4.79 Å². The van der Waals surface area contributed by atoms with Crippen LogP contribution in [0.25, 0.3) is 11.1 Å². The predicted molar refractivity (Wildman–Crippen MR) is 131 cm³/mol. The van der Waals surface area contributed by atoms with E-state index in [9.17, 15) is 4.79 Å². The zero-order valence-electron chi connectivity index (χ0n) is 17.7. The number of nitrogens with one attached hydrogen (secondary N) is 1. The largest absolute Gasteiger partial charge is 0.339 e. The van der Waals surface area contributed by atoms with Crippen LogP contribution in [-0.2, 0) is 11.3 Å². The van der Waals surface area contributed by atoms with Crippen molar-refractivity contribution in [2.45, 2.75) is 24.9 Å². The number of piperidine rings is 1. The second-order valence-electron chi connectivity index (χ2n) is 8.53. The number of amides is 1.